The molecule has 0 aliphatic carbocycles. The SMILES string of the molecule is COCCNS(=O)(=O)/C(C#N)=C(\C)c1ccc(-c2ccc3cc(N4CCCCC4)ccc3c2)s1. The zero-order valence-electron chi connectivity index (χ0n) is 19.5. The maximum Gasteiger partial charge on any atom is 0.251 e. The van der Waals surface area contributed by atoms with E-state index in [4.69, 9.17) is 4.74 Å². The quantitative estimate of drug-likeness (QED) is 0.335. The first-order valence-electron chi connectivity index (χ1n) is 11.4. The van der Waals surface area contributed by atoms with Crippen molar-refractivity contribution in [2.45, 2.75) is 26.2 Å². The van der Waals surface area contributed by atoms with Crippen molar-refractivity contribution in [3.63, 3.8) is 0 Å². The van der Waals surface area contributed by atoms with Gasteiger partial charge in [-0.05, 0) is 78.4 Å². The predicted octanol–water partition coefficient (Wildman–Crippen LogP) is 5.38. The van der Waals surface area contributed by atoms with Gasteiger partial charge in [-0.3, -0.25) is 0 Å². The number of nitrogens with one attached hydrogen (secondary N) is 1. The Hall–Kier alpha value is -2.70. The van der Waals surface area contributed by atoms with Crippen LogP contribution in [0.15, 0.2) is 53.4 Å². The molecule has 1 N–H and O–H groups in total. The fraction of sp³-hybridized carbons (Fsp3) is 0.346. The molecular formula is C26H29N3O3S2. The summed E-state index contributed by atoms with van der Waals surface area (Å²) in [6, 6.07) is 18.8. The van der Waals surface area contributed by atoms with E-state index in [2.05, 4.69) is 46.0 Å². The van der Waals surface area contributed by atoms with Gasteiger partial charge in [0, 0.05) is 42.2 Å². The summed E-state index contributed by atoms with van der Waals surface area (Å²) in [6.45, 7) is 4.27. The van der Waals surface area contributed by atoms with E-state index < -0.39 is 10.0 Å². The Morgan fingerprint density at radius 2 is 1.82 bits per heavy atom. The third-order valence-corrected chi connectivity index (χ3v) is 8.89. The smallest absolute Gasteiger partial charge is 0.251 e. The molecule has 0 bridgehead atoms. The van der Waals surface area contributed by atoms with E-state index in [0.29, 0.717) is 5.57 Å². The van der Waals surface area contributed by atoms with Gasteiger partial charge in [0.1, 0.15) is 6.07 Å². The fourth-order valence-corrected chi connectivity index (χ4v) is 6.44. The average Bonchev–Trinajstić information content (AvgIpc) is 3.35. The van der Waals surface area contributed by atoms with Gasteiger partial charge in [0.05, 0.1) is 6.61 Å². The van der Waals surface area contributed by atoms with E-state index in [0.717, 1.165) is 28.4 Å². The molecule has 0 radical (unpaired) electrons. The van der Waals surface area contributed by atoms with Gasteiger partial charge in [0.15, 0.2) is 4.91 Å². The summed E-state index contributed by atoms with van der Waals surface area (Å²) in [5, 5.41) is 11.9. The van der Waals surface area contributed by atoms with Crippen molar-refractivity contribution in [3.05, 3.63) is 58.3 Å². The van der Waals surface area contributed by atoms with E-state index >= 15 is 0 Å². The Labute approximate surface area is 205 Å². The van der Waals surface area contributed by atoms with E-state index in [1.54, 1.807) is 6.92 Å². The third-order valence-electron chi connectivity index (χ3n) is 6.11. The largest absolute Gasteiger partial charge is 0.383 e. The molecule has 0 spiro atoms. The molecule has 4 rings (SSSR count). The van der Waals surface area contributed by atoms with Crippen LogP contribution in [0.2, 0.25) is 0 Å². The number of thiophene rings is 1. The second kappa shape index (κ2) is 10.7. The number of nitriles is 1. The maximum atomic E-state index is 12.6. The molecule has 2 heterocycles. The standard InChI is InChI=1S/C26H29N3O3S2/c1-19(26(18-27)34(30,31)28-12-15-32-2)24-10-11-25(33-24)22-7-6-21-17-23(9-8-20(21)16-22)29-13-4-3-5-14-29/h6-11,16-17,28H,3-5,12-15H2,1-2H3/b26-19+. The van der Waals surface area contributed by atoms with Crippen LogP contribution in [0.1, 0.15) is 31.1 Å². The first kappa shape index (κ1) is 24.4. The van der Waals surface area contributed by atoms with Gasteiger partial charge in [-0.15, -0.1) is 11.3 Å². The van der Waals surface area contributed by atoms with Gasteiger partial charge in [-0.1, -0.05) is 18.2 Å². The first-order chi connectivity index (χ1) is 16.4. The number of hydrogen-bond acceptors (Lipinski definition) is 6. The minimum Gasteiger partial charge on any atom is -0.383 e. The predicted molar refractivity (Wildman–Crippen MR) is 140 cm³/mol. The van der Waals surface area contributed by atoms with Crippen LogP contribution in [-0.2, 0) is 14.8 Å². The van der Waals surface area contributed by atoms with Gasteiger partial charge >= 0.3 is 0 Å². The summed E-state index contributed by atoms with van der Waals surface area (Å²) in [7, 11) is -2.40. The maximum absolute atomic E-state index is 12.6. The lowest BCUT2D eigenvalue weighted by Crippen LogP contribution is -2.29. The Kier molecular flexibility index (Phi) is 7.69. The number of methoxy groups -OCH3 is 1. The molecule has 0 atom stereocenters. The number of piperidine rings is 1. The number of sulfonamides is 1. The second-order valence-electron chi connectivity index (χ2n) is 8.41. The molecule has 3 aromatic rings. The second-order valence-corrected chi connectivity index (χ2v) is 11.2. The van der Waals surface area contributed by atoms with Gasteiger partial charge in [0.2, 0.25) is 0 Å². The lowest BCUT2D eigenvalue weighted by atomic mass is 10.0. The fourth-order valence-electron chi connectivity index (χ4n) is 4.24. The number of allylic oxidation sites excluding steroid dienone is 2. The molecule has 1 aliphatic heterocycles. The number of rotatable bonds is 8. The molecule has 34 heavy (non-hydrogen) atoms. The molecule has 8 heteroatoms. The number of hydrogen-bond donors (Lipinski definition) is 1. The Balaban J connectivity index is 1.59. The lowest BCUT2D eigenvalue weighted by molar-refractivity contribution is 0.204. The van der Waals surface area contributed by atoms with E-state index in [-0.39, 0.29) is 18.1 Å². The van der Waals surface area contributed by atoms with Crippen LogP contribution in [0.25, 0.3) is 26.8 Å². The molecule has 2 aromatic carbocycles. The summed E-state index contributed by atoms with van der Waals surface area (Å²) >= 11 is 1.48. The zero-order valence-corrected chi connectivity index (χ0v) is 21.1. The van der Waals surface area contributed by atoms with Crippen LogP contribution in [0.4, 0.5) is 5.69 Å². The van der Waals surface area contributed by atoms with E-state index in [9.17, 15) is 13.7 Å². The van der Waals surface area contributed by atoms with E-state index in [1.807, 2.05) is 18.2 Å². The highest BCUT2D eigenvalue weighted by Crippen LogP contribution is 2.35. The van der Waals surface area contributed by atoms with Crippen molar-refractivity contribution in [1.29, 1.82) is 5.26 Å². The zero-order chi connectivity index (χ0) is 24.1. The summed E-state index contributed by atoms with van der Waals surface area (Å²) in [5.41, 5.74) is 2.79. The van der Waals surface area contributed by atoms with Crippen molar-refractivity contribution >= 4 is 43.4 Å². The minimum atomic E-state index is -3.90. The van der Waals surface area contributed by atoms with Crippen LogP contribution in [0.3, 0.4) is 0 Å². The lowest BCUT2D eigenvalue weighted by Gasteiger charge is -2.29. The number of benzene rings is 2. The molecule has 178 valence electrons. The molecule has 0 amide bonds. The van der Waals surface area contributed by atoms with Gasteiger partial charge in [0.25, 0.3) is 10.0 Å². The number of nitrogens with zero attached hydrogens (tertiary/aromatic N) is 2. The number of ether oxygens (including phenoxy) is 1. The number of fused-ring (bicyclic) bond motifs is 1. The molecule has 1 aromatic heterocycles. The van der Waals surface area contributed by atoms with Crippen LogP contribution in [-0.4, -0.2) is 41.8 Å². The summed E-state index contributed by atoms with van der Waals surface area (Å²) in [6.07, 6.45) is 3.82. The third kappa shape index (κ3) is 5.34. The summed E-state index contributed by atoms with van der Waals surface area (Å²) in [5.74, 6) is 0. The normalized spacial score (nSPS) is 15.3. The Bertz CT molecular complexity index is 1350. The van der Waals surface area contributed by atoms with Crippen molar-refractivity contribution in [2.75, 3.05) is 38.3 Å². The van der Waals surface area contributed by atoms with Crippen LogP contribution < -0.4 is 9.62 Å². The summed E-state index contributed by atoms with van der Waals surface area (Å²) in [4.78, 5) is 3.98. The van der Waals surface area contributed by atoms with Crippen molar-refractivity contribution in [2.24, 2.45) is 0 Å². The van der Waals surface area contributed by atoms with E-state index in [1.165, 1.54) is 54.2 Å². The monoisotopic (exact) mass is 495 g/mol. The molecular weight excluding hydrogens is 466 g/mol. The van der Waals surface area contributed by atoms with Crippen LogP contribution in [0, 0.1) is 11.3 Å². The highest BCUT2D eigenvalue weighted by molar-refractivity contribution is 7.93. The highest BCUT2D eigenvalue weighted by atomic mass is 32.2. The minimum absolute atomic E-state index is 0.115. The van der Waals surface area contributed by atoms with Crippen LogP contribution in [0.5, 0.6) is 0 Å². The van der Waals surface area contributed by atoms with Crippen molar-refractivity contribution in [3.8, 4) is 16.5 Å². The Morgan fingerprint density at radius 1 is 1.09 bits per heavy atom. The topological polar surface area (TPSA) is 82.4 Å². The van der Waals surface area contributed by atoms with Crippen molar-refractivity contribution < 1.29 is 13.2 Å². The van der Waals surface area contributed by atoms with Crippen molar-refractivity contribution in [1.82, 2.24) is 4.72 Å². The van der Waals surface area contributed by atoms with Gasteiger partial charge in [-0.25, -0.2) is 13.1 Å². The molecule has 1 fully saturated rings. The van der Waals surface area contributed by atoms with Crippen LogP contribution >= 0.6 is 11.3 Å². The molecule has 1 saturated heterocycles. The highest BCUT2D eigenvalue weighted by Gasteiger charge is 2.21. The number of anilines is 1. The molecule has 0 saturated carbocycles. The van der Waals surface area contributed by atoms with Gasteiger partial charge < -0.3 is 9.64 Å². The molecule has 0 unspecified atom stereocenters. The first-order valence-corrected chi connectivity index (χ1v) is 13.7. The van der Waals surface area contributed by atoms with Gasteiger partial charge in [-0.2, -0.15) is 5.26 Å². The molecule has 1 aliphatic rings. The molecule has 6 nitrogen and oxygen atoms in total. The summed E-state index contributed by atoms with van der Waals surface area (Å²) < 4.78 is 32.4. The Morgan fingerprint density at radius 3 is 2.56 bits per heavy atom. The average molecular weight is 496 g/mol.